The molecule has 0 spiro atoms. The molecule has 2 aromatic rings. The Bertz CT molecular complexity index is 1170. The van der Waals surface area contributed by atoms with E-state index in [4.69, 9.17) is 40.6 Å². The van der Waals surface area contributed by atoms with Crippen LogP contribution in [-0.4, -0.2) is 57.4 Å². The molecule has 0 aromatic carbocycles. The molecule has 35 heavy (non-hydrogen) atoms. The Kier molecular flexibility index (Phi) is 7.73. The zero-order chi connectivity index (χ0) is 25.2. The Labute approximate surface area is 207 Å². The molecule has 0 unspecified atom stereocenters. The molecular weight excluding hydrogens is 497 g/mol. The number of hydrogen-bond acceptors (Lipinski definition) is 12. The highest BCUT2D eigenvalue weighted by Crippen LogP contribution is 2.58. The van der Waals surface area contributed by atoms with Crippen molar-refractivity contribution in [2.75, 3.05) is 19.1 Å². The van der Waals surface area contributed by atoms with Gasteiger partial charge in [-0.1, -0.05) is 26.7 Å². The highest BCUT2D eigenvalue weighted by atomic mass is 32.5. The fourth-order valence-electron chi connectivity index (χ4n) is 4.42. The summed E-state index contributed by atoms with van der Waals surface area (Å²) < 4.78 is 29.6. The third-order valence-electron chi connectivity index (χ3n) is 6.13. The van der Waals surface area contributed by atoms with Gasteiger partial charge in [0.15, 0.2) is 5.82 Å². The average Bonchev–Trinajstić information content (AvgIpc) is 3.39. The summed E-state index contributed by atoms with van der Waals surface area (Å²) in [7, 11) is 0. The molecule has 5 atom stereocenters. The monoisotopic (exact) mass is 525 g/mol. The molecule has 0 amide bonds. The number of nitrogens with zero attached hydrogens (tertiary/aromatic N) is 4. The van der Waals surface area contributed by atoms with Crippen molar-refractivity contribution in [1.82, 2.24) is 14.6 Å². The summed E-state index contributed by atoms with van der Waals surface area (Å²) in [6.07, 6.45) is 1.17. The van der Waals surface area contributed by atoms with E-state index in [1.54, 1.807) is 12.1 Å². The Hall–Kier alpha value is -2.17. The summed E-state index contributed by atoms with van der Waals surface area (Å²) in [5.74, 6) is -0.358. The van der Waals surface area contributed by atoms with Crippen molar-refractivity contribution in [2.24, 2.45) is 5.92 Å². The van der Waals surface area contributed by atoms with E-state index in [1.807, 2.05) is 13.8 Å². The molecule has 4 heterocycles. The number of nitrogen functional groups attached to an aromatic ring is 1. The zero-order valence-corrected chi connectivity index (χ0v) is 21.1. The summed E-state index contributed by atoms with van der Waals surface area (Å²) >= 11 is 5.42. The highest BCUT2D eigenvalue weighted by Gasteiger charge is 2.61. The standard InChI is InChI=1S/C21H28N5O7PS/c1-3-5-13(6-4-2)20(28)29-12-31-34(35)30-9-15-17(33-34)18(27)21(10-22,32-15)16-8-7-14-19(23)24-11-25-26(14)16/h7-8,11,13,15,17-18,27H,3-6,9,12H2,1-2H3,(H2,23,24,25)/t15-,17-,18-,21+,34-/m1/s1. The molecule has 14 heteroatoms. The van der Waals surface area contributed by atoms with Crippen LogP contribution in [-0.2, 0) is 45.2 Å². The van der Waals surface area contributed by atoms with Crippen LogP contribution in [0.25, 0.3) is 5.52 Å². The molecule has 0 radical (unpaired) electrons. The topological polar surface area (TPSA) is 163 Å². The van der Waals surface area contributed by atoms with Crippen LogP contribution >= 0.6 is 6.72 Å². The van der Waals surface area contributed by atoms with Crippen molar-refractivity contribution < 1.29 is 32.9 Å². The SMILES string of the molecule is CCCC(CCC)C(=O)OCO[P@]1(=S)OC[C@H]2O[C@@](C#N)(c3ccc4c(N)ncnn34)[C@H](O)[C@@H]2O1. The van der Waals surface area contributed by atoms with Crippen molar-refractivity contribution in [3.63, 3.8) is 0 Å². The summed E-state index contributed by atoms with van der Waals surface area (Å²) in [6, 6.07) is 5.27. The van der Waals surface area contributed by atoms with E-state index < -0.39 is 37.4 Å². The predicted octanol–water partition coefficient (Wildman–Crippen LogP) is 2.16. The van der Waals surface area contributed by atoms with Gasteiger partial charge in [0.1, 0.15) is 36.2 Å². The Morgan fingerprint density at radius 2 is 2.20 bits per heavy atom. The second kappa shape index (κ2) is 10.4. The van der Waals surface area contributed by atoms with E-state index in [9.17, 15) is 15.2 Å². The van der Waals surface area contributed by atoms with Gasteiger partial charge in [0.25, 0.3) is 0 Å². The van der Waals surface area contributed by atoms with Crippen molar-refractivity contribution in [3.8, 4) is 6.07 Å². The number of fused-ring (bicyclic) bond motifs is 2. The van der Waals surface area contributed by atoms with Crippen molar-refractivity contribution in [2.45, 2.75) is 63.4 Å². The lowest BCUT2D eigenvalue weighted by atomic mass is 9.92. The molecule has 2 fully saturated rings. The van der Waals surface area contributed by atoms with Crippen LogP contribution in [0.15, 0.2) is 18.5 Å². The van der Waals surface area contributed by atoms with Crippen molar-refractivity contribution in [3.05, 3.63) is 24.2 Å². The molecule has 2 saturated heterocycles. The minimum absolute atomic E-state index is 0.0783. The van der Waals surface area contributed by atoms with Gasteiger partial charge in [-0.3, -0.25) is 13.8 Å². The molecule has 190 valence electrons. The number of esters is 1. The average molecular weight is 526 g/mol. The fraction of sp³-hybridized carbons (Fsp3) is 0.619. The maximum absolute atomic E-state index is 12.4. The zero-order valence-electron chi connectivity index (χ0n) is 19.4. The first kappa shape index (κ1) is 25.9. The van der Waals surface area contributed by atoms with E-state index in [0.29, 0.717) is 5.52 Å². The molecule has 0 saturated carbocycles. The largest absolute Gasteiger partial charge is 0.438 e. The van der Waals surface area contributed by atoms with E-state index in [1.165, 1.54) is 10.8 Å². The van der Waals surface area contributed by atoms with Gasteiger partial charge in [-0.05, 0) is 36.8 Å². The summed E-state index contributed by atoms with van der Waals surface area (Å²) in [4.78, 5) is 16.3. The quantitative estimate of drug-likeness (QED) is 0.279. The molecule has 2 aromatic heterocycles. The lowest BCUT2D eigenvalue weighted by Crippen LogP contribution is -2.43. The summed E-state index contributed by atoms with van der Waals surface area (Å²) in [6.45, 7) is 0.116. The Morgan fingerprint density at radius 3 is 2.89 bits per heavy atom. The van der Waals surface area contributed by atoms with Crippen LogP contribution in [0.2, 0.25) is 0 Å². The molecule has 2 aliphatic rings. The highest BCUT2D eigenvalue weighted by molar-refractivity contribution is 8.07. The van der Waals surface area contributed by atoms with Gasteiger partial charge in [0.05, 0.1) is 18.2 Å². The fourth-order valence-corrected chi connectivity index (χ4v) is 6.28. The predicted molar refractivity (Wildman–Crippen MR) is 126 cm³/mol. The second-order valence-electron chi connectivity index (χ2n) is 8.41. The van der Waals surface area contributed by atoms with Gasteiger partial charge in [0, 0.05) is 0 Å². The summed E-state index contributed by atoms with van der Waals surface area (Å²) in [5.41, 5.74) is 4.79. The van der Waals surface area contributed by atoms with Gasteiger partial charge in [-0.25, -0.2) is 9.50 Å². The number of nitrogens with two attached hydrogens (primary N) is 1. The normalized spacial score (nSPS) is 30.3. The minimum atomic E-state index is -3.38. The molecular formula is C21H28N5O7PS. The first-order chi connectivity index (χ1) is 16.8. The maximum Gasteiger partial charge on any atom is 0.330 e. The van der Waals surface area contributed by atoms with E-state index in [-0.39, 0.29) is 30.0 Å². The molecule has 0 aliphatic carbocycles. The molecule has 3 N–H and O–H groups in total. The van der Waals surface area contributed by atoms with Gasteiger partial charge in [-0.15, -0.1) is 0 Å². The van der Waals surface area contributed by atoms with Crippen molar-refractivity contribution in [1.29, 1.82) is 5.26 Å². The Morgan fingerprint density at radius 1 is 1.46 bits per heavy atom. The molecule has 4 rings (SSSR count). The van der Waals surface area contributed by atoms with Crippen LogP contribution in [0.3, 0.4) is 0 Å². The Balaban J connectivity index is 1.46. The van der Waals surface area contributed by atoms with Gasteiger partial charge < -0.3 is 24.8 Å². The van der Waals surface area contributed by atoms with Crippen LogP contribution in [0.4, 0.5) is 5.82 Å². The number of rotatable bonds is 9. The number of hydrogen-bond donors (Lipinski definition) is 2. The summed E-state index contributed by atoms with van der Waals surface area (Å²) in [5, 5.41) is 25.4. The molecule has 0 bridgehead atoms. The number of aliphatic hydroxyl groups is 1. The van der Waals surface area contributed by atoms with Gasteiger partial charge in [0.2, 0.25) is 12.4 Å². The molecule has 2 aliphatic heterocycles. The first-order valence-electron chi connectivity index (χ1n) is 11.4. The molecule has 12 nitrogen and oxygen atoms in total. The number of aliphatic hydroxyl groups excluding tert-OH is 1. The number of carbonyl (C=O) groups is 1. The number of nitriles is 1. The smallest absolute Gasteiger partial charge is 0.330 e. The second-order valence-corrected chi connectivity index (χ2v) is 11.4. The van der Waals surface area contributed by atoms with E-state index in [2.05, 4.69) is 16.2 Å². The maximum atomic E-state index is 12.4. The van der Waals surface area contributed by atoms with Gasteiger partial charge >= 0.3 is 12.7 Å². The third-order valence-corrected chi connectivity index (χ3v) is 8.41. The van der Waals surface area contributed by atoms with Crippen LogP contribution in [0.1, 0.15) is 45.2 Å². The van der Waals surface area contributed by atoms with Gasteiger partial charge in [-0.2, -0.15) is 10.4 Å². The minimum Gasteiger partial charge on any atom is -0.438 e. The number of aromatic nitrogens is 3. The van der Waals surface area contributed by atoms with Crippen LogP contribution < -0.4 is 5.73 Å². The first-order valence-corrected chi connectivity index (χ1v) is 13.9. The number of carbonyl (C=O) groups excluding carboxylic acids is 1. The lowest BCUT2D eigenvalue weighted by Gasteiger charge is -2.33. The third kappa shape index (κ3) is 4.80. The van der Waals surface area contributed by atoms with Crippen molar-refractivity contribution >= 4 is 35.8 Å². The van der Waals surface area contributed by atoms with Crippen LogP contribution in [0, 0.1) is 17.2 Å². The lowest BCUT2D eigenvalue weighted by molar-refractivity contribution is -0.157. The van der Waals surface area contributed by atoms with Crippen LogP contribution in [0.5, 0.6) is 0 Å². The van der Waals surface area contributed by atoms with E-state index >= 15 is 0 Å². The van der Waals surface area contributed by atoms with E-state index in [0.717, 1.165) is 25.7 Å². The number of anilines is 1. The number of ether oxygens (including phenoxy) is 2.